The predicted octanol–water partition coefficient (Wildman–Crippen LogP) is 3.32. The first-order valence-corrected chi connectivity index (χ1v) is 10.5. The Morgan fingerprint density at radius 2 is 1.94 bits per heavy atom. The van der Waals surface area contributed by atoms with E-state index in [9.17, 15) is 14.0 Å². The lowest BCUT2D eigenvalue weighted by Crippen LogP contribution is -2.32. The van der Waals surface area contributed by atoms with Crippen LogP contribution in [0.15, 0.2) is 76.2 Å². The maximum atomic E-state index is 13.0. The molecule has 11 heteroatoms. The zero-order valence-electron chi connectivity index (χ0n) is 17.5. The van der Waals surface area contributed by atoms with Gasteiger partial charge in [0.25, 0.3) is 5.89 Å². The van der Waals surface area contributed by atoms with Crippen molar-refractivity contribution in [2.45, 2.75) is 13.1 Å². The predicted molar refractivity (Wildman–Crippen MR) is 121 cm³/mol. The minimum absolute atomic E-state index is 0.165. The van der Waals surface area contributed by atoms with E-state index in [-0.39, 0.29) is 30.4 Å². The Bertz CT molecular complexity index is 1560. The molecule has 2 aromatic carbocycles. The van der Waals surface area contributed by atoms with Crippen molar-refractivity contribution >= 4 is 23.2 Å². The molecular weight excluding hydrogens is 463 g/mol. The van der Waals surface area contributed by atoms with Crippen molar-refractivity contribution in [3.8, 4) is 22.8 Å². The van der Waals surface area contributed by atoms with E-state index in [0.717, 1.165) is 10.2 Å². The second-order valence-electron chi connectivity index (χ2n) is 7.39. The van der Waals surface area contributed by atoms with Gasteiger partial charge >= 0.3 is 5.69 Å². The summed E-state index contributed by atoms with van der Waals surface area (Å²) < 4.78 is 20.8. The van der Waals surface area contributed by atoms with Crippen molar-refractivity contribution in [1.82, 2.24) is 29.6 Å². The van der Waals surface area contributed by atoms with Crippen molar-refractivity contribution in [2.75, 3.05) is 0 Å². The molecule has 3 aromatic heterocycles. The molecule has 0 saturated carbocycles. The first-order chi connectivity index (χ1) is 16.5. The van der Waals surface area contributed by atoms with E-state index in [2.05, 4.69) is 20.6 Å². The monoisotopic (exact) mass is 478 g/mol. The van der Waals surface area contributed by atoms with E-state index >= 15 is 0 Å². The van der Waals surface area contributed by atoms with Gasteiger partial charge in [0.1, 0.15) is 12.4 Å². The molecule has 1 N–H and O–H groups in total. The topological polar surface area (TPSA) is 107 Å². The number of carbonyl (C=O) groups is 1. The van der Waals surface area contributed by atoms with Gasteiger partial charge < -0.3 is 9.84 Å². The molecule has 0 atom stereocenters. The number of halogens is 2. The molecule has 0 bridgehead atoms. The van der Waals surface area contributed by atoms with Gasteiger partial charge in [0.15, 0.2) is 5.65 Å². The van der Waals surface area contributed by atoms with Gasteiger partial charge in [0, 0.05) is 23.3 Å². The van der Waals surface area contributed by atoms with Crippen LogP contribution in [0.1, 0.15) is 5.56 Å². The van der Waals surface area contributed by atoms with E-state index in [4.69, 9.17) is 16.1 Å². The molecule has 0 unspecified atom stereocenters. The Hall–Kier alpha value is -4.31. The summed E-state index contributed by atoms with van der Waals surface area (Å²) in [6, 6.07) is 16.1. The minimum atomic E-state index is -0.497. The summed E-state index contributed by atoms with van der Waals surface area (Å²) in [4.78, 5) is 29.6. The Labute approximate surface area is 196 Å². The van der Waals surface area contributed by atoms with Crippen LogP contribution >= 0.6 is 11.6 Å². The standard InChI is InChI=1S/C23H16ClFN6O3/c24-16-4-1-3-15(11-16)20-27-22(34-29-20)18-5-2-10-30-21(18)28-31(23(30)33)13-19(32)26-12-14-6-8-17(25)9-7-14/h1-11H,12-13H2,(H,26,32). The van der Waals surface area contributed by atoms with Crippen LogP contribution < -0.4 is 11.0 Å². The molecule has 5 aromatic rings. The molecule has 3 heterocycles. The Balaban J connectivity index is 1.39. The number of amides is 1. The Morgan fingerprint density at radius 1 is 1.12 bits per heavy atom. The minimum Gasteiger partial charge on any atom is -0.350 e. The number of nitrogens with one attached hydrogen (secondary N) is 1. The van der Waals surface area contributed by atoms with Crippen molar-refractivity contribution in [2.24, 2.45) is 0 Å². The van der Waals surface area contributed by atoms with E-state index < -0.39 is 11.6 Å². The van der Waals surface area contributed by atoms with Crippen molar-refractivity contribution in [1.29, 1.82) is 0 Å². The van der Waals surface area contributed by atoms with Crippen molar-refractivity contribution in [3.63, 3.8) is 0 Å². The molecular formula is C23H16ClFN6O3. The van der Waals surface area contributed by atoms with Gasteiger partial charge in [0.2, 0.25) is 11.7 Å². The Kier molecular flexibility index (Phi) is 5.64. The lowest BCUT2D eigenvalue weighted by Gasteiger charge is -2.04. The van der Waals surface area contributed by atoms with E-state index in [1.165, 1.54) is 22.7 Å². The van der Waals surface area contributed by atoms with E-state index in [1.807, 2.05) is 0 Å². The summed E-state index contributed by atoms with van der Waals surface area (Å²) in [5, 5.41) is 11.5. The molecule has 0 aliphatic carbocycles. The molecule has 9 nitrogen and oxygen atoms in total. The molecule has 170 valence electrons. The fourth-order valence-corrected chi connectivity index (χ4v) is 3.57. The SMILES string of the molecule is O=C(Cn1nc2c(-c3nc(-c4cccc(Cl)c4)no3)cccn2c1=O)NCc1ccc(F)cc1. The van der Waals surface area contributed by atoms with Crippen molar-refractivity contribution < 1.29 is 13.7 Å². The van der Waals surface area contributed by atoms with Crippen LogP contribution in [-0.2, 0) is 17.9 Å². The molecule has 5 rings (SSSR count). The Morgan fingerprint density at radius 3 is 2.74 bits per heavy atom. The van der Waals surface area contributed by atoms with Crippen LogP contribution in [0.4, 0.5) is 4.39 Å². The largest absolute Gasteiger partial charge is 0.350 e. The smallest absolute Gasteiger partial charge is 0.350 e. The van der Waals surface area contributed by atoms with Crippen LogP contribution in [0, 0.1) is 5.82 Å². The molecule has 0 aliphatic rings. The molecule has 0 spiro atoms. The molecule has 34 heavy (non-hydrogen) atoms. The molecule has 0 radical (unpaired) electrons. The van der Waals surface area contributed by atoms with Crippen molar-refractivity contribution in [3.05, 3.63) is 93.7 Å². The van der Waals surface area contributed by atoms with E-state index in [0.29, 0.717) is 22.0 Å². The lowest BCUT2D eigenvalue weighted by molar-refractivity contribution is -0.122. The van der Waals surface area contributed by atoms with Gasteiger partial charge in [-0.05, 0) is 42.0 Å². The molecule has 0 fully saturated rings. The number of rotatable bonds is 6. The third-order valence-corrected chi connectivity index (χ3v) is 5.28. The number of pyridine rings is 1. The maximum absolute atomic E-state index is 13.0. The second-order valence-corrected chi connectivity index (χ2v) is 7.83. The van der Waals surface area contributed by atoms with Gasteiger partial charge in [-0.1, -0.05) is 41.0 Å². The average molecular weight is 479 g/mol. The number of nitrogens with zero attached hydrogens (tertiary/aromatic N) is 5. The molecule has 0 saturated heterocycles. The first-order valence-electron chi connectivity index (χ1n) is 10.2. The van der Waals surface area contributed by atoms with Crippen LogP contribution in [0.25, 0.3) is 28.5 Å². The lowest BCUT2D eigenvalue weighted by atomic mass is 10.2. The number of fused-ring (bicyclic) bond motifs is 1. The molecule has 1 amide bonds. The maximum Gasteiger partial charge on any atom is 0.350 e. The highest BCUT2D eigenvalue weighted by atomic mass is 35.5. The zero-order valence-corrected chi connectivity index (χ0v) is 18.2. The summed E-state index contributed by atoms with van der Waals surface area (Å²) in [6.07, 6.45) is 1.54. The number of hydrogen-bond acceptors (Lipinski definition) is 6. The van der Waals surface area contributed by atoms with Crippen LogP contribution in [0.5, 0.6) is 0 Å². The normalized spacial score (nSPS) is 11.1. The highest BCUT2D eigenvalue weighted by Gasteiger charge is 2.18. The summed E-state index contributed by atoms with van der Waals surface area (Å²) in [6.45, 7) is -0.0977. The fourth-order valence-electron chi connectivity index (χ4n) is 3.38. The van der Waals surface area contributed by atoms with Crippen LogP contribution in [-0.4, -0.2) is 30.2 Å². The summed E-state index contributed by atoms with van der Waals surface area (Å²) in [5.41, 5.74) is 1.61. The first kappa shape index (κ1) is 21.5. The van der Waals surface area contributed by atoms with Crippen LogP contribution in [0.2, 0.25) is 5.02 Å². The highest BCUT2D eigenvalue weighted by molar-refractivity contribution is 6.30. The summed E-state index contributed by atoms with van der Waals surface area (Å²) in [5.74, 6) is -0.277. The molecule has 0 aliphatic heterocycles. The van der Waals surface area contributed by atoms with Gasteiger partial charge in [-0.2, -0.15) is 4.98 Å². The third-order valence-electron chi connectivity index (χ3n) is 5.05. The third kappa shape index (κ3) is 4.30. The quantitative estimate of drug-likeness (QED) is 0.401. The average Bonchev–Trinajstić information content (AvgIpc) is 3.44. The number of carbonyl (C=O) groups excluding carboxylic acids is 1. The number of benzene rings is 2. The zero-order chi connectivity index (χ0) is 23.7. The number of hydrogen-bond donors (Lipinski definition) is 1. The number of aromatic nitrogens is 5. The van der Waals surface area contributed by atoms with Gasteiger partial charge in [-0.25, -0.2) is 18.3 Å². The highest BCUT2D eigenvalue weighted by Crippen LogP contribution is 2.25. The summed E-state index contributed by atoms with van der Waals surface area (Å²) in [7, 11) is 0. The van der Waals surface area contributed by atoms with Gasteiger partial charge in [-0.15, -0.1) is 5.10 Å². The van der Waals surface area contributed by atoms with Gasteiger partial charge in [0.05, 0.1) is 5.56 Å². The fraction of sp³-hybridized carbons (Fsp3) is 0.0870. The summed E-state index contributed by atoms with van der Waals surface area (Å²) >= 11 is 6.04. The second kappa shape index (κ2) is 8.91. The van der Waals surface area contributed by atoms with E-state index in [1.54, 1.807) is 48.5 Å². The van der Waals surface area contributed by atoms with Crippen LogP contribution in [0.3, 0.4) is 0 Å². The van der Waals surface area contributed by atoms with Gasteiger partial charge in [-0.3, -0.25) is 4.79 Å².